The van der Waals surface area contributed by atoms with E-state index in [1.807, 2.05) is 0 Å². The van der Waals surface area contributed by atoms with Crippen LogP contribution < -0.4 is 26.6 Å². The van der Waals surface area contributed by atoms with Crippen molar-refractivity contribution in [3.8, 4) is 0 Å². The first-order valence-corrected chi connectivity index (χ1v) is 14.1. The second-order valence-corrected chi connectivity index (χ2v) is 9.82. The largest absolute Gasteiger partial charge is 0.379 e. The summed E-state index contributed by atoms with van der Waals surface area (Å²) in [5, 5.41) is 68.9. The molecule has 21 heteroatoms. The molecule has 0 saturated carbocycles. The van der Waals surface area contributed by atoms with Crippen LogP contribution in [0.5, 0.6) is 0 Å². The van der Waals surface area contributed by atoms with Gasteiger partial charge in [-0.05, 0) is 38.5 Å². The number of carbonyl (C=O) groups excluding carboxylic acids is 6. The van der Waals surface area contributed by atoms with Crippen molar-refractivity contribution < 1.29 is 59.7 Å². The Balaban J connectivity index is 3.38. The summed E-state index contributed by atoms with van der Waals surface area (Å²) in [6.45, 7) is -4.18. The smallest absolute Gasteiger partial charge is 0.268 e. The van der Waals surface area contributed by atoms with Crippen LogP contribution in [0.1, 0.15) is 38.5 Å². The molecule has 0 radical (unpaired) electrons. The molecule has 0 fully saturated rings. The molecule has 11 N–H and O–H groups in total. The van der Waals surface area contributed by atoms with Crippen LogP contribution in [0.4, 0.5) is 0 Å². The van der Waals surface area contributed by atoms with Crippen LogP contribution in [0.2, 0.25) is 0 Å². The monoisotopic (exact) mass is 649 g/mol. The third-order valence-electron chi connectivity index (χ3n) is 6.21. The predicted molar refractivity (Wildman–Crippen MR) is 150 cm³/mol. The fourth-order valence-corrected chi connectivity index (χ4v) is 3.82. The molecule has 0 aromatic carbocycles. The number of nitrogens with zero attached hydrogens (tertiary/aromatic N) is 4. The summed E-state index contributed by atoms with van der Waals surface area (Å²) in [4.78, 5) is 80.2. The van der Waals surface area contributed by atoms with Gasteiger partial charge in [0.2, 0.25) is 23.6 Å². The molecule has 6 amide bonds. The molecule has 0 saturated heterocycles. The standard InChI is InChI=1S/C24H43N9O12/c34-13-31(43)7-1-4-16-22(40)27-11-20(38)25-10-19(37)26-12-21(39)28-17(5-2-8-32(44)14-35)23(41)30-18(24(42)29-16)6-3-9-33(45)15-36/h17-18,34-36,43-45H,1-15H2,(H,25,38)(H,26,37)(H,27,40)(H,28,39)(H,30,41)/t17-,18-/m0/s1. The van der Waals surface area contributed by atoms with Gasteiger partial charge in [0.15, 0.2) is 0 Å². The molecule has 1 heterocycles. The second-order valence-electron chi connectivity index (χ2n) is 9.82. The van der Waals surface area contributed by atoms with Gasteiger partial charge in [0.1, 0.15) is 38.0 Å². The van der Waals surface area contributed by atoms with Gasteiger partial charge in [0.05, 0.1) is 19.6 Å². The Morgan fingerprint density at radius 1 is 0.622 bits per heavy atom. The maximum Gasteiger partial charge on any atom is 0.268 e. The van der Waals surface area contributed by atoms with E-state index in [-0.39, 0.29) is 63.9 Å². The van der Waals surface area contributed by atoms with E-state index in [0.29, 0.717) is 15.2 Å². The van der Waals surface area contributed by atoms with Crippen LogP contribution in [-0.4, -0.2) is 159 Å². The summed E-state index contributed by atoms with van der Waals surface area (Å²) in [5.74, 6) is -5.13. The minimum Gasteiger partial charge on any atom is -0.379 e. The predicted octanol–water partition coefficient (Wildman–Crippen LogP) is -5.45. The van der Waals surface area contributed by atoms with E-state index < -0.39 is 87.4 Å². The molecule has 45 heavy (non-hydrogen) atoms. The first kappa shape index (κ1) is 39.4. The summed E-state index contributed by atoms with van der Waals surface area (Å²) in [5.41, 5.74) is -0.381. The summed E-state index contributed by atoms with van der Waals surface area (Å²) < 4.78 is 0. The Bertz CT molecular complexity index is 1030. The highest BCUT2D eigenvalue weighted by Crippen LogP contribution is 2.07. The van der Waals surface area contributed by atoms with Gasteiger partial charge in [0.25, 0.3) is 11.8 Å². The van der Waals surface area contributed by atoms with Crippen LogP contribution in [0.25, 0.3) is 0 Å². The van der Waals surface area contributed by atoms with Crippen molar-refractivity contribution in [1.82, 2.24) is 41.8 Å². The van der Waals surface area contributed by atoms with Gasteiger partial charge in [-0.3, -0.25) is 28.8 Å². The molecule has 0 aromatic heterocycles. The van der Waals surface area contributed by atoms with E-state index in [4.69, 9.17) is 15.3 Å². The quantitative estimate of drug-likeness (QED) is 0.0582. The number of aliphatic hydroxyl groups is 3. The Kier molecular flexibility index (Phi) is 19.2. The topological polar surface area (TPSA) is 306 Å². The summed E-state index contributed by atoms with van der Waals surface area (Å²) >= 11 is 0. The van der Waals surface area contributed by atoms with Crippen LogP contribution >= 0.6 is 0 Å². The molecule has 0 aromatic rings. The SMILES string of the molecule is O=C1CNC(=O)CNC(=O)C(CCCN(O)CO)=NC(=O)[C@H](CCCN(O)CO)NC(=O)[C@H](CCCN(O)CO)NC(=O)CN1. The average Bonchev–Trinajstić information content (AvgIpc) is 3.02. The number of rotatable bonds is 15. The molecular formula is C24H43N9O12. The van der Waals surface area contributed by atoms with Crippen molar-refractivity contribution in [1.29, 1.82) is 0 Å². The lowest BCUT2D eigenvalue weighted by Crippen LogP contribution is -2.53. The molecule has 1 rings (SSSR count). The average molecular weight is 650 g/mol. The Hall–Kier alpha value is -3.67. The molecule has 0 unspecified atom stereocenters. The van der Waals surface area contributed by atoms with Crippen molar-refractivity contribution in [2.45, 2.75) is 50.6 Å². The fraction of sp³-hybridized carbons (Fsp3) is 0.708. The van der Waals surface area contributed by atoms with Crippen LogP contribution in [0.15, 0.2) is 4.99 Å². The summed E-state index contributed by atoms with van der Waals surface area (Å²) in [7, 11) is 0. The Morgan fingerprint density at radius 2 is 1.09 bits per heavy atom. The van der Waals surface area contributed by atoms with Gasteiger partial charge in [-0.25, -0.2) is 4.99 Å². The molecule has 0 aliphatic carbocycles. The number of hydrogen-bond acceptors (Lipinski definition) is 15. The molecule has 21 nitrogen and oxygen atoms in total. The summed E-state index contributed by atoms with van der Waals surface area (Å²) in [6, 6.07) is -2.71. The minimum atomic E-state index is -1.41. The lowest BCUT2D eigenvalue weighted by molar-refractivity contribution is -0.144. The normalized spacial score (nSPS) is 19.8. The van der Waals surface area contributed by atoms with Crippen molar-refractivity contribution in [3.63, 3.8) is 0 Å². The van der Waals surface area contributed by atoms with Gasteiger partial charge < -0.3 is 57.5 Å². The van der Waals surface area contributed by atoms with Crippen molar-refractivity contribution in [2.75, 3.05) is 59.5 Å². The van der Waals surface area contributed by atoms with Gasteiger partial charge in [-0.15, -0.1) is 0 Å². The van der Waals surface area contributed by atoms with Gasteiger partial charge in [0, 0.05) is 19.6 Å². The minimum absolute atomic E-state index is 0.0276. The van der Waals surface area contributed by atoms with E-state index in [2.05, 4.69) is 31.6 Å². The van der Waals surface area contributed by atoms with E-state index >= 15 is 0 Å². The Morgan fingerprint density at radius 3 is 1.62 bits per heavy atom. The maximum absolute atomic E-state index is 13.3. The molecule has 256 valence electrons. The zero-order chi connectivity index (χ0) is 33.8. The number of carbonyl (C=O) groups is 6. The lowest BCUT2D eigenvalue weighted by Gasteiger charge is -2.23. The van der Waals surface area contributed by atoms with Crippen molar-refractivity contribution in [3.05, 3.63) is 0 Å². The number of nitrogens with one attached hydrogen (secondary N) is 5. The van der Waals surface area contributed by atoms with E-state index in [1.54, 1.807) is 0 Å². The number of aliphatic hydroxyl groups excluding tert-OH is 3. The molecular weight excluding hydrogens is 606 g/mol. The van der Waals surface area contributed by atoms with Gasteiger partial charge in [-0.1, -0.05) is 0 Å². The summed E-state index contributed by atoms with van der Waals surface area (Å²) in [6.07, 6.45) is -0.299. The van der Waals surface area contributed by atoms with Crippen molar-refractivity contribution >= 4 is 41.2 Å². The lowest BCUT2D eigenvalue weighted by atomic mass is 10.1. The molecule has 1 aliphatic heterocycles. The maximum atomic E-state index is 13.3. The van der Waals surface area contributed by atoms with Crippen LogP contribution in [-0.2, 0) is 28.8 Å². The number of hydrogen-bond donors (Lipinski definition) is 11. The molecule has 2 atom stereocenters. The molecule has 1 aliphatic rings. The number of aliphatic imine (C=N–C) groups is 1. The Labute approximate surface area is 258 Å². The third kappa shape index (κ3) is 16.8. The molecule has 0 bridgehead atoms. The van der Waals surface area contributed by atoms with E-state index in [1.165, 1.54) is 0 Å². The highest BCUT2D eigenvalue weighted by Gasteiger charge is 2.28. The van der Waals surface area contributed by atoms with Gasteiger partial charge in [-0.2, -0.15) is 15.2 Å². The number of hydroxylamine groups is 6. The molecule has 0 spiro atoms. The zero-order valence-electron chi connectivity index (χ0n) is 24.7. The third-order valence-corrected chi connectivity index (χ3v) is 6.21. The van der Waals surface area contributed by atoms with Crippen LogP contribution in [0.3, 0.4) is 0 Å². The van der Waals surface area contributed by atoms with E-state index in [0.717, 1.165) is 0 Å². The second kappa shape index (κ2) is 21.9. The first-order chi connectivity index (χ1) is 21.4. The van der Waals surface area contributed by atoms with Crippen molar-refractivity contribution in [2.24, 2.45) is 4.99 Å². The first-order valence-electron chi connectivity index (χ1n) is 14.1. The van der Waals surface area contributed by atoms with E-state index in [9.17, 15) is 44.4 Å². The zero-order valence-corrected chi connectivity index (χ0v) is 24.7. The highest BCUT2D eigenvalue weighted by atomic mass is 16.5. The highest BCUT2D eigenvalue weighted by molar-refractivity contribution is 6.40. The fourth-order valence-electron chi connectivity index (χ4n) is 3.82. The number of amides is 6. The van der Waals surface area contributed by atoms with Gasteiger partial charge >= 0.3 is 0 Å². The van der Waals surface area contributed by atoms with Crippen LogP contribution in [0, 0.1) is 0 Å².